The van der Waals surface area contributed by atoms with Crippen LogP contribution in [-0.4, -0.2) is 36.7 Å². The van der Waals surface area contributed by atoms with E-state index in [1.54, 1.807) is 6.07 Å². The maximum Gasteiger partial charge on any atom is 0.234 e. The number of nitrogens with one attached hydrogen (secondary N) is 1. The van der Waals surface area contributed by atoms with Gasteiger partial charge < -0.3 is 24.3 Å². The predicted octanol–water partition coefficient (Wildman–Crippen LogP) is 5.05. The van der Waals surface area contributed by atoms with E-state index in [1.165, 1.54) is 11.8 Å². The summed E-state index contributed by atoms with van der Waals surface area (Å²) in [6, 6.07) is 11.4. The van der Waals surface area contributed by atoms with Crippen molar-refractivity contribution in [2.75, 3.05) is 31.1 Å². The van der Waals surface area contributed by atoms with Crippen LogP contribution in [0.4, 0.5) is 5.69 Å². The van der Waals surface area contributed by atoms with Crippen LogP contribution in [0.2, 0.25) is 0 Å². The number of carbonyl (C=O) groups is 1. The Kier molecular flexibility index (Phi) is 6.90. The minimum atomic E-state index is -0.140. The Labute approximate surface area is 191 Å². The van der Waals surface area contributed by atoms with Gasteiger partial charge in [-0.1, -0.05) is 18.7 Å². The number of rotatable bonds is 9. The van der Waals surface area contributed by atoms with Crippen LogP contribution in [0.5, 0.6) is 23.0 Å². The Morgan fingerprint density at radius 1 is 1.06 bits per heavy atom. The van der Waals surface area contributed by atoms with E-state index in [0.717, 1.165) is 33.7 Å². The van der Waals surface area contributed by atoms with Crippen LogP contribution in [0, 0.1) is 0 Å². The summed E-state index contributed by atoms with van der Waals surface area (Å²) in [5.74, 6) is 2.81. The first-order valence-electron chi connectivity index (χ1n) is 10.7. The lowest BCUT2D eigenvalue weighted by Crippen LogP contribution is -2.15. The zero-order chi connectivity index (χ0) is 22.5. The topological polar surface area (TPSA) is 78.9 Å². The van der Waals surface area contributed by atoms with Crippen molar-refractivity contribution < 1.29 is 23.7 Å². The average Bonchev–Trinajstić information content (AvgIpc) is 3.24. The Hall–Kier alpha value is -3.13. The number of fused-ring (bicyclic) bond motifs is 2. The number of hydrogen-bond acceptors (Lipinski definition) is 7. The average molecular weight is 455 g/mol. The zero-order valence-electron chi connectivity index (χ0n) is 18.4. The highest BCUT2D eigenvalue weighted by Gasteiger charge is 2.17. The van der Waals surface area contributed by atoms with Gasteiger partial charge in [0.05, 0.1) is 30.2 Å². The lowest BCUT2D eigenvalue weighted by Gasteiger charge is -2.14. The molecule has 0 unspecified atom stereocenters. The van der Waals surface area contributed by atoms with Gasteiger partial charge in [0.2, 0.25) is 12.7 Å². The highest BCUT2D eigenvalue weighted by atomic mass is 32.2. The number of anilines is 1. The second-order valence-electron chi connectivity index (χ2n) is 7.07. The Balaban J connectivity index is 1.50. The van der Waals surface area contributed by atoms with Crippen LogP contribution < -0.4 is 24.3 Å². The molecule has 0 atom stereocenters. The number of thioether (sulfide) groups is 1. The second kappa shape index (κ2) is 9.99. The minimum Gasteiger partial charge on any atom is -0.494 e. The van der Waals surface area contributed by atoms with E-state index in [9.17, 15) is 4.79 Å². The van der Waals surface area contributed by atoms with Crippen molar-refractivity contribution in [2.45, 2.75) is 32.2 Å². The van der Waals surface area contributed by atoms with Crippen LogP contribution >= 0.6 is 11.8 Å². The van der Waals surface area contributed by atoms with Crippen LogP contribution in [0.1, 0.15) is 26.3 Å². The lowest BCUT2D eigenvalue weighted by atomic mass is 10.1. The Morgan fingerprint density at radius 2 is 1.84 bits per heavy atom. The predicted molar refractivity (Wildman–Crippen MR) is 125 cm³/mol. The zero-order valence-corrected chi connectivity index (χ0v) is 19.2. The van der Waals surface area contributed by atoms with E-state index in [0.29, 0.717) is 36.1 Å². The van der Waals surface area contributed by atoms with Crippen molar-refractivity contribution in [3.8, 4) is 23.0 Å². The van der Waals surface area contributed by atoms with E-state index in [4.69, 9.17) is 23.9 Å². The highest BCUT2D eigenvalue weighted by Crippen LogP contribution is 2.37. The molecule has 0 fully saturated rings. The number of aryl methyl sites for hydroxylation is 1. The number of hydrogen-bond donors (Lipinski definition) is 1. The van der Waals surface area contributed by atoms with Gasteiger partial charge in [0.25, 0.3) is 0 Å². The van der Waals surface area contributed by atoms with Crippen LogP contribution in [0.25, 0.3) is 10.9 Å². The van der Waals surface area contributed by atoms with Crippen LogP contribution in [-0.2, 0) is 11.2 Å². The third-order valence-corrected chi connectivity index (χ3v) is 5.94. The number of pyridine rings is 1. The first-order valence-corrected chi connectivity index (χ1v) is 11.6. The van der Waals surface area contributed by atoms with Crippen molar-refractivity contribution >= 4 is 34.3 Å². The van der Waals surface area contributed by atoms with Crippen molar-refractivity contribution in [3.05, 3.63) is 42.0 Å². The molecule has 4 rings (SSSR count). The number of nitrogens with zero attached hydrogens (tertiary/aromatic N) is 1. The monoisotopic (exact) mass is 454 g/mol. The molecule has 2 heterocycles. The molecule has 2 aromatic carbocycles. The minimum absolute atomic E-state index is 0.140. The number of ether oxygens (including phenoxy) is 4. The first kappa shape index (κ1) is 22.1. The van der Waals surface area contributed by atoms with Crippen LogP contribution in [0.3, 0.4) is 0 Å². The molecule has 1 amide bonds. The Bertz CT molecular complexity index is 1140. The summed E-state index contributed by atoms with van der Waals surface area (Å²) in [5, 5.41) is 4.77. The molecule has 0 radical (unpaired) electrons. The lowest BCUT2D eigenvalue weighted by molar-refractivity contribution is -0.113. The molecule has 0 saturated heterocycles. The summed E-state index contributed by atoms with van der Waals surface area (Å²) >= 11 is 1.41. The quantitative estimate of drug-likeness (QED) is 0.453. The number of aromatic nitrogens is 1. The summed E-state index contributed by atoms with van der Waals surface area (Å²) in [4.78, 5) is 17.5. The summed E-state index contributed by atoms with van der Waals surface area (Å²) in [7, 11) is 0. The Morgan fingerprint density at radius 3 is 2.59 bits per heavy atom. The number of amides is 1. The maximum atomic E-state index is 12.7. The van der Waals surface area contributed by atoms with Gasteiger partial charge in [0, 0.05) is 17.5 Å². The smallest absolute Gasteiger partial charge is 0.234 e. The third-order valence-electron chi connectivity index (χ3n) is 4.91. The van der Waals surface area contributed by atoms with Gasteiger partial charge >= 0.3 is 0 Å². The second-order valence-corrected chi connectivity index (χ2v) is 8.03. The fraction of sp³-hybridized carbons (Fsp3) is 0.333. The fourth-order valence-corrected chi connectivity index (χ4v) is 4.32. The molecule has 8 heteroatoms. The van der Waals surface area contributed by atoms with Crippen molar-refractivity contribution in [1.29, 1.82) is 0 Å². The molecule has 0 saturated carbocycles. The largest absolute Gasteiger partial charge is 0.494 e. The molecule has 32 heavy (non-hydrogen) atoms. The molecular formula is C24H26N2O5S. The van der Waals surface area contributed by atoms with Crippen molar-refractivity contribution in [3.63, 3.8) is 0 Å². The molecule has 1 N–H and O–H groups in total. The van der Waals surface area contributed by atoms with E-state index in [-0.39, 0.29) is 18.5 Å². The van der Waals surface area contributed by atoms with Gasteiger partial charge in [0.1, 0.15) is 16.5 Å². The molecular weight excluding hydrogens is 428 g/mol. The molecule has 0 spiro atoms. The molecule has 0 bridgehead atoms. The van der Waals surface area contributed by atoms with Crippen LogP contribution in [0.15, 0.2) is 41.4 Å². The van der Waals surface area contributed by atoms with Gasteiger partial charge in [-0.2, -0.15) is 0 Å². The molecule has 7 nitrogen and oxygen atoms in total. The first-order chi connectivity index (χ1) is 15.6. The number of carbonyl (C=O) groups excluding carboxylic acids is 1. The highest BCUT2D eigenvalue weighted by molar-refractivity contribution is 8.00. The normalized spacial score (nSPS) is 12.1. The third kappa shape index (κ3) is 4.85. The van der Waals surface area contributed by atoms with Crippen molar-refractivity contribution in [1.82, 2.24) is 4.98 Å². The van der Waals surface area contributed by atoms with Gasteiger partial charge in [0.15, 0.2) is 11.5 Å². The summed E-state index contributed by atoms with van der Waals surface area (Å²) in [6.07, 6.45) is 0.812. The van der Waals surface area contributed by atoms with Gasteiger partial charge in [-0.15, -0.1) is 0 Å². The van der Waals surface area contributed by atoms with E-state index >= 15 is 0 Å². The summed E-state index contributed by atoms with van der Waals surface area (Å²) < 4.78 is 22.1. The van der Waals surface area contributed by atoms with E-state index < -0.39 is 0 Å². The molecule has 3 aromatic rings. The molecule has 0 aliphatic carbocycles. The summed E-state index contributed by atoms with van der Waals surface area (Å²) in [6.45, 7) is 7.18. The van der Waals surface area contributed by atoms with Gasteiger partial charge in [-0.25, -0.2) is 4.98 Å². The molecule has 168 valence electrons. The van der Waals surface area contributed by atoms with Crippen molar-refractivity contribution in [2.24, 2.45) is 0 Å². The van der Waals surface area contributed by atoms with Gasteiger partial charge in [-0.05, 0) is 50.1 Å². The molecule has 1 aliphatic heterocycles. The van der Waals surface area contributed by atoms with E-state index in [2.05, 4.69) is 18.3 Å². The SMILES string of the molecule is CCOc1ccc(OCC)c(NC(=O)CSc2nc3cc4c(cc3cc2CC)OCO4)c1. The fourth-order valence-electron chi connectivity index (χ4n) is 3.43. The van der Waals surface area contributed by atoms with Gasteiger partial charge in [-0.3, -0.25) is 4.79 Å². The molecule has 1 aromatic heterocycles. The summed E-state index contributed by atoms with van der Waals surface area (Å²) in [5.41, 5.74) is 2.50. The number of benzene rings is 2. The van der Waals surface area contributed by atoms with E-state index in [1.807, 2.05) is 38.1 Å². The standard InChI is InChI=1S/C24H26N2O5S/c1-4-15-9-16-10-21-22(31-14-30-21)12-18(16)26-24(15)32-13-23(27)25-19-11-17(28-5-2)7-8-20(19)29-6-3/h7-12H,4-6,13-14H2,1-3H3,(H,25,27). The maximum absolute atomic E-state index is 12.7. The molecule has 1 aliphatic rings.